The first-order chi connectivity index (χ1) is 12.9. The van der Waals surface area contributed by atoms with Gasteiger partial charge in [-0.3, -0.25) is 19.3 Å². The maximum atomic E-state index is 13.3. The standard InChI is InChI=1S/C20H25FN2O3S/c1-12-11-13(21)7-8-16(12)22-18(24)17(9-10-27-2)23-19(25)14-5-3-4-6-15(14)20(23)26/h7-8,11,14-15,17H,3-6,9-10H2,1-2H3,(H,22,24). The number of amides is 3. The third-order valence-corrected chi connectivity index (χ3v) is 6.18. The molecule has 1 aromatic rings. The van der Waals surface area contributed by atoms with Crippen LogP contribution in [-0.2, 0) is 14.4 Å². The molecule has 146 valence electrons. The molecule has 0 spiro atoms. The molecule has 1 saturated carbocycles. The molecule has 1 N–H and O–H groups in total. The van der Waals surface area contributed by atoms with Crippen LogP contribution in [0.5, 0.6) is 0 Å². The number of carbonyl (C=O) groups excluding carboxylic acids is 3. The molecule has 3 atom stereocenters. The van der Waals surface area contributed by atoms with Crippen molar-refractivity contribution < 1.29 is 18.8 Å². The maximum absolute atomic E-state index is 13.3. The number of nitrogens with one attached hydrogen (secondary N) is 1. The SMILES string of the molecule is CSCCC(C(=O)Nc1ccc(F)cc1C)N1C(=O)C2CCCCC2C1=O. The van der Waals surface area contributed by atoms with Crippen LogP contribution in [0.3, 0.4) is 0 Å². The zero-order valence-corrected chi connectivity index (χ0v) is 16.5. The van der Waals surface area contributed by atoms with Crippen LogP contribution in [0.2, 0.25) is 0 Å². The van der Waals surface area contributed by atoms with E-state index in [1.807, 2.05) is 6.26 Å². The normalized spacial score (nSPS) is 23.3. The van der Waals surface area contributed by atoms with Crippen molar-refractivity contribution in [3.8, 4) is 0 Å². The fourth-order valence-corrected chi connectivity index (χ4v) is 4.54. The van der Waals surface area contributed by atoms with Crippen molar-refractivity contribution in [1.29, 1.82) is 0 Å². The van der Waals surface area contributed by atoms with Gasteiger partial charge in [0.1, 0.15) is 11.9 Å². The Balaban J connectivity index is 1.83. The Labute approximate surface area is 163 Å². The van der Waals surface area contributed by atoms with Gasteiger partial charge in [-0.25, -0.2) is 4.39 Å². The molecule has 0 radical (unpaired) electrons. The number of likely N-dealkylation sites (tertiary alicyclic amines) is 1. The quantitative estimate of drug-likeness (QED) is 0.754. The van der Waals surface area contributed by atoms with Crippen LogP contribution in [-0.4, -0.2) is 40.7 Å². The van der Waals surface area contributed by atoms with E-state index in [0.717, 1.165) is 25.7 Å². The van der Waals surface area contributed by atoms with Gasteiger partial charge in [0, 0.05) is 5.69 Å². The van der Waals surface area contributed by atoms with Crippen molar-refractivity contribution in [2.75, 3.05) is 17.3 Å². The lowest BCUT2D eigenvalue weighted by Crippen LogP contribution is -2.48. The number of halogens is 1. The van der Waals surface area contributed by atoms with Gasteiger partial charge in [0.05, 0.1) is 11.8 Å². The number of rotatable bonds is 6. The average Bonchev–Trinajstić information content (AvgIpc) is 2.90. The summed E-state index contributed by atoms with van der Waals surface area (Å²) >= 11 is 1.57. The Morgan fingerprint density at radius 3 is 2.44 bits per heavy atom. The molecular formula is C20H25FN2O3S. The third-order valence-electron chi connectivity index (χ3n) is 5.53. The largest absolute Gasteiger partial charge is 0.324 e. The number of carbonyl (C=O) groups is 3. The molecule has 0 bridgehead atoms. The number of anilines is 1. The Kier molecular flexibility index (Phi) is 6.19. The molecular weight excluding hydrogens is 367 g/mol. The Bertz CT molecular complexity index is 731. The van der Waals surface area contributed by atoms with Gasteiger partial charge in [-0.05, 0) is 62.0 Å². The number of nitrogens with zero attached hydrogens (tertiary/aromatic N) is 1. The Morgan fingerprint density at radius 2 is 1.89 bits per heavy atom. The van der Waals surface area contributed by atoms with E-state index in [9.17, 15) is 18.8 Å². The lowest BCUT2D eigenvalue weighted by molar-refractivity contribution is -0.146. The fraction of sp³-hybridized carbons (Fsp3) is 0.550. The van der Waals surface area contributed by atoms with Gasteiger partial charge in [-0.2, -0.15) is 11.8 Å². The van der Waals surface area contributed by atoms with Gasteiger partial charge >= 0.3 is 0 Å². The molecule has 2 fully saturated rings. The second-order valence-corrected chi connectivity index (χ2v) is 8.28. The van der Waals surface area contributed by atoms with E-state index in [1.165, 1.54) is 23.1 Å². The zero-order valence-electron chi connectivity index (χ0n) is 15.7. The minimum atomic E-state index is -0.826. The number of thioether (sulfide) groups is 1. The van der Waals surface area contributed by atoms with E-state index in [4.69, 9.17) is 0 Å². The van der Waals surface area contributed by atoms with E-state index in [2.05, 4.69) is 5.32 Å². The number of aryl methyl sites for hydroxylation is 1. The highest BCUT2D eigenvalue weighted by atomic mass is 32.2. The van der Waals surface area contributed by atoms with Gasteiger partial charge in [0.15, 0.2) is 0 Å². The maximum Gasteiger partial charge on any atom is 0.247 e. The minimum absolute atomic E-state index is 0.207. The van der Waals surface area contributed by atoms with E-state index in [0.29, 0.717) is 23.4 Å². The zero-order chi connectivity index (χ0) is 19.6. The van der Waals surface area contributed by atoms with E-state index < -0.39 is 6.04 Å². The average molecular weight is 392 g/mol. The van der Waals surface area contributed by atoms with Crippen LogP contribution < -0.4 is 5.32 Å². The molecule has 7 heteroatoms. The summed E-state index contributed by atoms with van der Waals surface area (Å²) in [5.74, 6) is -1.07. The lowest BCUT2D eigenvalue weighted by atomic mass is 9.81. The van der Waals surface area contributed by atoms with Gasteiger partial charge in [0.25, 0.3) is 0 Å². The van der Waals surface area contributed by atoms with Crippen molar-refractivity contribution in [2.24, 2.45) is 11.8 Å². The molecule has 1 heterocycles. The van der Waals surface area contributed by atoms with Crippen LogP contribution in [0.15, 0.2) is 18.2 Å². The van der Waals surface area contributed by atoms with Gasteiger partial charge < -0.3 is 5.32 Å². The summed E-state index contributed by atoms with van der Waals surface area (Å²) < 4.78 is 13.3. The number of fused-ring (bicyclic) bond motifs is 1. The van der Waals surface area contributed by atoms with Gasteiger partial charge in [-0.15, -0.1) is 0 Å². The predicted molar refractivity (Wildman–Crippen MR) is 104 cm³/mol. The first-order valence-electron chi connectivity index (χ1n) is 9.37. The topological polar surface area (TPSA) is 66.5 Å². The number of hydrogen-bond acceptors (Lipinski definition) is 4. The highest BCUT2D eigenvalue weighted by Gasteiger charge is 2.51. The number of imide groups is 1. The molecule has 1 aromatic carbocycles. The van der Waals surface area contributed by atoms with Crippen molar-refractivity contribution in [2.45, 2.75) is 45.1 Å². The highest BCUT2D eigenvalue weighted by Crippen LogP contribution is 2.39. The molecule has 3 unspecified atom stereocenters. The molecule has 5 nitrogen and oxygen atoms in total. The summed E-state index contributed by atoms with van der Waals surface area (Å²) in [6.45, 7) is 1.70. The second kappa shape index (κ2) is 8.42. The van der Waals surface area contributed by atoms with Crippen molar-refractivity contribution in [1.82, 2.24) is 4.90 Å². The van der Waals surface area contributed by atoms with E-state index >= 15 is 0 Å². The van der Waals surface area contributed by atoms with Crippen LogP contribution in [0.25, 0.3) is 0 Å². The Hall–Kier alpha value is -1.89. The van der Waals surface area contributed by atoms with E-state index in [-0.39, 0.29) is 35.4 Å². The van der Waals surface area contributed by atoms with Crippen LogP contribution in [0, 0.1) is 24.6 Å². The van der Waals surface area contributed by atoms with Gasteiger partial charge in [-0.1, -0.05) is 12.8 Å². The van der Waals surface area contributed by atoms with Crippen molar-refractivity contribution in [3.63, 3.8) is 0 Å². The summed E-state index contributed by atoms with van der Waals surface area (Å²) in [5, 5.41) is 2.78. The fourth-order valence-electron chi connectivity index (χ4n) is 4.09. The molecule has 1 aliphatic carbocycles. The van der Waals surface area contributed by atoms with E-state index in [1.54, 1.807) is 18.7 Å². The third kappa shape index (κ3) is 4.03. The smallest absolute Gasteiger partial charge is 0.247 e. The summed E-state index contributed by atoms with van der Waals surface area (Å²) in [6, 6.07) is 3.29. The molecule has 1 saturated heterocycles. The molecule has 1 aliphatic heterocycles. The number of benzene rings is 1. The van der Waals surface area contributed by atoms with Gasteiger partial charge in [0.2, 0.25) is 17.7 Å². The first-order valence-corrected chi connectivity index (χ1v) is 10.8. The summed E-state index contributed by atoms with van der Waals surface area (Å²) in [5.41, 5.74) is 1.09. The van der Waals surface area contributed by atoms with Crippen LogP contribution in [0.4, 0.5) is 10.1 Å². The first kappa shape index (κ1) is 19.9. The van der Waals surface area contributed by atoms with Crippen molar-refractivity contribution >= 4 is 35.2 Å². The lowest BCUT2D eigenvalue weighted by Gasteiger charge is -2.26. The van der Waals surface area contributed by atoms with Crippen LogP contribution in [0.1, 0.15) is 37.7 Å². The molecule has 0 aromatic heterocycles. The minimum Gasteiger partial charge on any atom is -0.324 e. The second-order valence-electron chi connectivity index (χ2n) is 7.29. The molecule has 3 amide bonds. The highest BCUT2D eigenvalue weighted by molar-refractivity contribution is 7.98. The number of hydrogen-bond donors (Lipinski definition) is 1. The molecule has 3 rings (SSSR count). The summed E-state index contributed by atoms with van der Waals surface area (Å²) in [4.78, 5) is 40.0. The van der Waals surface area contributed by atoms with Crippen molar-refractivity contribution in [3.05, 3.63) is 29.6 Å². The molecule has 27 heavy (non-hydrogen) atoms. The monoisotopic (exact) mass is 392 g/mol. The summed E-state index contributed by atoms with van der Waals surface area (Å²) in [7, 11) is 0. The predicted octanol–water partition coefficient (Wildman–Crippen LogP) is 3.37. The van der Waals surface area contributed by atoms with Crippen LogP contribution >= 0.6 is 11.8 Å². The Morgan fingerprint density at radius 1 is 1.26 bits per heavy atom. The summed E-state index contributed by atoms with van der Waals surface area (Å²) in [6.07, 6.45) is 5.67. The molecule has 2 aliphatic rings.